The van der Waals surface area contributed by atoms with Gasteiger partial charge in [0.2, 0.25) is 0 Å². The minimum absolute atomic E-state index is 0.586. The molecule has 2 unspecified atom stereocenters. The van der Waals surface area contributed by atoms with E-state index >= 15 is 0 Å². The van der Waals surface area contributed by atoms with Gasteiger partial charge in [-0.15, -0.1) is 0 Å². The standard InChI is InChI=1S/C14H17BrO2/c1-17-14-8-11(5-6-12(14)9-16)10-3-2-4-13(15)7-10/h5-6,8-10,13H,2-4,7H2,1H3. The number of benzene rings is 1. The van der Waals surface area contributed by atoms with Crippen molar-refractivity contribution in [3.05, 3.63) is 29.3 Å². The van der Waals surface area contributed by atoms with Crippen LogP contribution in [0.15, 0.2) is 18.2 Å². The molecule has 0 spiro atoms. The highest BCUT2D eigenvalue weighted by atomic mass is 79.9. The van der Waals surface area contributed by atoms with Crippen LogP contribution in [0.2, 0.25) is 0 Å². The lowest BCUT2D eigenvalue weighted by atomic mass is 9.83. The molecule has 1 saturated carbocycles. The molecule has 2 rings (SSSR count). The summed E-state index contributed by atoms with van der Waals surface area (Å²) in [6.07, 6.45) is 5.77. The molecular formula is C14H17BrO2. The van der Waals surface area contributed by atoms with E-state index in [0.717, 1.165) is 6.29 Å². The lowest BCUT2D eigenvalue weighted by Crippen LogP contribution is -2.13. The van der Waals surface area contributed by atoms with Crippen LogP contribution in [0, 0.1) is 0 Å². The molecule has 0 saturated heterocycles. The van der Waals surface area contributed by atoms with Crippen molar-refractivity contribution < 1.29 is 9.53 Å². The van der Waals surface area contributed by atoms with Gasteiger partial charge in [0.25, 0.3) is 0 Å². The lowest BCUT2D eigenvalue weighted by Gasteiger charge is -2.26. The monoisotopic (exact) mass is 296 g/mol. The molecule has 0 aromatic heterocycles. The Morgan fingerprint density at radius 1 is 1.41 bits per heavy atom. The second-order valence-corrected chi connectivity index (χ2v) is 5.88. The molecule has 1 aromatic rings. The Bertz CT molecular complexity index is 403. The Labute approximate surface area is 110 Å². The van der Waals surface area contributed by atoms with E-state index in [9.17, 15) is 4.79 Å². The maximum atomic E-state index is 10.8. The predicted octanol–water partition coefficient (Wildman–Crippen LogP) is 3.93. The van der Waals surface area contributed by atoms with E-state index in [-0.39, 0.29) is 0 Å². The van der Waals surface area contributed by atoms with Gasteiger partial charge in [0.15, 0.2) is 6.29 Å². The molecule has 0 heterocycles. The molecule has 1 aliphatic rings. The van der Waals surface area contributed by atoms with Gasteiger partial charge in [0.1, 0.15) is 5.75 Å². The van der Waals surface area contributed by atoms with Gasteiger partial charge in [-0.3, -0.25) is 4.79 Å². The third-order valence-electron chi connectivity index (χ3n) is 3.47. The first-order chi connectivity index (χ1) is 8.24. The molecular weight excluding hydrogens is 280 g/mol. The maximum Gasteiger partial charge on any atom is 0.153 e. The Morgan fingerprint density at radius 2 is 2.24 bits per heavy atom. The van der Waals surface area contributed by atoms with Gasteiger partial charge in [0, 0.05) is 4.83 Å². The topological polar surface area (TPSA) is 26.3 Å². The van der Waals surface area contributed by atoms with Crippen LogP contribution < -0.4 is 4.74 Å². The number of carbonyl (C=O) groups is 1. The molecule has 0 N–H and O–H groups in total. The molecule has 0 radical (unpaired) electrons. The Hall–Kier alpha value is -0.830. The second kappa shape index (κ2) is 5.67. The molecule has 2 nitrogen and oxygen atoms in total. The first-order valence-electron chi connectivity index (χ1n) is 6.01. The van der Waals surface area contributed by atoms with E-state index in [4.69, 9.17) is 4.74 Å². The largest absolute Gasteiger partial charge is 0.496 e. The van der Waals surface area contributed by atoms with E-state index in [0.29, 0.717) is 22.1 Å². The highest BCUT2D eigenvalue weighted by molar-refractivity contribution is 9.09. The number of alkyl halides is 1. The Morgan fingerprint density at radius 3 is 2.88 bits per heavy atom. The smallest absolute Gasteiger partial charge is 0.153 e. The number of hydrogen-bond donors (Lipinski definition) is 0. The zero-order valence-electron chi connectivity index (χ0n) is 9.99. The van der Waals surface area contributed by atoms with Crippen LogP contribution in [0.1, 0.15) is 47.5 Å². The second-order valence-electron chi connectivity index (χ2n) is 4.58. The molecule has 1 aromatic carbocycles. The van der Waals surface area contributed by atoms with Crippen LogP contribution in [0.5, 0.6) is 5.75 Å². The van der Waals surface area contributed by atoms with Gasteiger partial charge in [-0.1, -0.05) is 28.4 Å². The number of halogens is 1. The van der Waals surface area contributed by atoms with Crippen molar-refractivity contribution in [1.29, 1.82) is 0 Å². The minimum atomic E-state index is 0.586. The summed E-state index contributed by atoms with van der Waals surface area (Å²) >= 11 is 3.70. The predicted molar refractivity (Wildman–Crippen MR) is 72.3 cm³/mol. The van der Waals surface area contributed by atoms with Gasteiger partial charge in [0.05, 0.1) is 12.7 Å². The van der Waals surface area contributed by atoms with Crippen molar-refractivity contribution in [1.82, 2.24) is 0 Å². The van der Waals surface area contributed by atoms with Crippen molar-refractivity contribution in [3.8, 4) is 5.75 Å². The van der Waals surface area contributed by atoms with Gasteiger partial charge < -0.3 is 4.74 Å². The number of rotatable bonds is 3. The summed E-state index contributed by atoms with van der Waals surface area (Å²) < 4.78 is 5.25. The van der Waals surface area contributed by atoms with E-state index in [1.54, 1.807) is 7.11 Å². The number of hydrogen-bond acceptors (Lipinski definition) is 2. The Balaban J connectivity index is 2.23. The fraction of sp³-hybridized carbons (Fsp3) is 0.500. The number of methoxy groups -OCH3 is 1. The summed E-state index contributed by atoms with van der Waals surface area (Å²) in [4.78, 5) is 11.5. The van der Waals surface area contributed by atoms with Crippen molar-refractivity contribution in [2.45, 2.75) is 36.4 Å². The summed E-state index contributed by atoms with van der Waals surface area (Å²) in [7, 11) is 1.61. The number of ether oxygens (including phenoxy) is 1. The normalized spacial score (nSPS) is 24.4. The zero-order chi connectivity index (χ0) is 12.3. The van der Waals surface area contributed by atoms with Crippen LogP contribution >= 0.6 is 15.9 Å². The first kappa shape index (κ1) is 12.6. The summed E-state index contributed by atoms with van der Waals surface area (Å²) in [5.74, 6) is 1.27. The molecule has 0 amide bonds. The van der Waals surface area contributed by atoms with Crippen molar-refractivity contribution in [2.24, 2.45) is 0 Å². The van der Waals surface area contributed by atoms with E-state index in [1.165, 1.54) is 31.2 Å². The molecule has 1 aliphatic carbocycles. The van der Waals surface area contributed by atoms with E-state index < -0.39 is 0 Å². The minimum Gasteiger partial charge on any atom is -0.496 e. The highest BCUT2D eigenvalue weighted by Crippen LogP contribution is 2.37. The fourth-order valence-corrected chi connectivity index (χ4v) is 3.29. The summed E-state index contributed by atoms with van der Waals surface area (Å²) in [6.45, 7) is 0. The molecule has 2 atom stereocenters. The average molecular weight is 297 g/mol. The number of aldehydes is 1. The van der Waals surface area contributed by atoms with Crippen molar-refractivity contribution in [2.75, 3.05) is 7.11 Å². The van der Waals surface area contributed by atoms with Crippen LogP contribution in [0.4, 0.5) is 0 Å². The van der Waals surface area contributed by atoms with Crippen molar-refractivity contribution in [3.63, 3.8) is 0 Å². The average Bonchev–Trinajstić information content (AvgIpc) is 2.38. The third kappa shape index (κ3) is 2.89. The number of carbonyl (C=O) groups excluding carboxylic acids is 1. The molecule has 17 heavy (non-hydrogen) atoms. The molecule has 1 fully saturated rings. The summed E-state index contributed by atoms with van der Waals surface area (Å²) in [5.41, 5.74) is 1.92. The summed E-state index contributed by atoms with van der Waals surface area (Å²) in [6, 6.07) is 5.93. The van der Waals surface area contributed by atoms with Crippen LogP contribution in [0.3, 0.4) is 0 Å². The van der Waals surface area contributed by atoms with Crippen LogP contribution in [-0.4, -0.2) is 18.2 Å². The summed E-state index contributed by atoms with van der Waals surface area (Å²) in [5, 5.41) is 0. The molecule has 92 valence electrons. The molecule has 0 aliphatic heterocycles. The van der Waals surface area contributed by atoms with E-state index in [2.05, 4.69) is 22.0 Å². The van der Waals surface area contributed by atoms with Gasteiger partial charge >= 0.3 is 0 Å². The highest BCUT2D eigenvalue weighted by Gasteiger charge is 2.22. The first-order valence-corrected chi connectivity index (χ1v) is 6.93. The van der Waals surface area contributed by atoms with E-state index in [1.807, 2.05) is 12.1 Å². The quantitative estimate of drug-likeness (QED) is 0.624. The Kier molecular flexibility index (Phi) is 4.21. The zero-order valence-corrected chi connectivity index (χ0v) is 11.6. The fourth-order valence-electron chi connectivity index (χ4n) is 2.51. The molecule has 0 bridgehead atoms. The van der Waals surface area contributed by atoms with Gasteiger partial charge in [-0.2, -0.15) is 0 Å². The van der Waals surface area contributed by atoms with Crippen molar-refractivity contribution >= 4 is 22.2 Å². The third-order valence-corrected chi connectivity index (χ3v) is 4.30. The van der Waals surface area contributed by atoms with Gasteiger partial charge in [-0.25, -0.2) is 0 Å². The molecule has 3 heteroatoms. The lowest BCUT2D eigenvalue weighted by molar-refractivity contribution is 0.112. The van der Waals surface area contributed by atoms with Crippen LogP contribution in [-0.2, 0) is 0 Å². The van der Waals surface area contributed by atoms with Gasteiger partial charge in [-0.05, 0) is 42.9 Å². The van der Waals surface area contributed by atoms with Crippen LogP contribution in [0.25, 0.3) is 0 Å². The SMILES string of the molecule is COc1cc(C2CCCC(Br)C2)ccc1C=O. The maximum absolute atomic E-state index is 10.8.